The summed E-state index contributed by atoms with van der Waals surface area (Å²) in [6, 6.07) is 10.2. The molecule has 0 bridgehead atoms. The van der Waals surface area contributed by atoms with Crippen molar-refractivity contribution in [2.75, 3.05) is 38.0 Å². The summed E-state index contributed by atoms with van der Waals surface area (Å²) < 4.78 is 5.14. The molecular formula is C19H21N3O4. The maximum Gasteiger partial charge on any atom is 0.289 e. The van der Waals surface area contributed by atoms with Gasteiger partial charge in [0.1, 0.15) is 0 Å². The van der Waals surface area contributed by atoms with E-state index in [4.69, 9.17) is 4.42 Å². The highest BCUT2D eigenvalue weighted by molar-refractivity contribution is 5.97. The molecule has 1 fully saturated rings. The third-order valence-corrected chi connectivity index (χ3v) is 4.31. The molecule has 0 unspecified atom stereocenters. The zero-order valence-electron chi connectivity index (χ0n) is 14.6. The zero-order valence-corrected chi connectivity index (χ0v) is 14.6. The number of carbonyl (C=O) groups is 3. The molecule has 7 nitrogen and oxygen atoms in total. The molecule has 1 N–H and O–H groups in total. The highest BCUT2D eigenvalue weighted by Crippen LogP contribution is 2.12. The Morgan fingerprint density at radius 1 is 1.08 bits per heavy atom. The number of nitrogens with one attached hydrogen (secondary N) is 1. The van der Waals surface area contributed by atoms with Crippen LogP contribution in [0, 0.1) is 0 Å². The number of hydrogen-bond donors (Lipinski definition) is 1. The first-order valence-electron chi connectivity index (χ1n) is 8.49. The molecule has 1 saturated heterocycles. The second kappa shape index (κ2) is 7.97. The molecule has 0 spiro atoms. The number of furan rings is 1. The molecule has 7 heteroatoms. The monoisotopic (exact) mass is 355 g/mol. The molecule has 1 aliphatic rings. The van der Waals surface area contributed by atoms with E-state index < -0.39 is 0 Å². The maximum absolute atomic E-state index is 12.2. The van der Waals surface area contributed by atoms with Crippen molar-refractivity contribution >= 4 is 23.3 Å². The Labute approximate surface area is 151 Å². The highest BCUT2D eigenvalue weighted by Gasteiger charge is 2.24. The topological polar surface area (TPSA) is 82.9 Å². The normalized spacial score (nSPS) is 14.9. The van der Waals surface area contributed by atoms with Gasteiger partial charge in [0.25, 0.3) is 5.91 Å². The van der Waals surface area contributed by atoms with Gasteiger partial charge in [-0.2, -0.15) is 0 Å². The predicted octanol–water partition coefficient (Wildman–Crippen LogP) is 1.88. The maximum atomic E-state index is 12.2. The van der Waals surface area contributed by atoms with E-state index in [1.807, 2.05) is 4.90 Å². The van der Waals surface area contributed by atoms with Crippen LogP contribution in [-0.4, -0.2) is 60.1 Å². The van der Waals surface area contributed by atoms with Crippen LogP contribution in [0.3, 0.4) is 0 Å². The van der Waals surface area contributed by atoms with Crippen molar-refractivity contribution in [1.82, 2.24) is 9.80 Å². The van der Waals surface area contributed by atoms with Gasteiger partial charge in [0.05, 0.1) is 12.8 Å². The Balaban J connectivity index is 1.48. The molecule has 3 rings (SSSR count). The van der Waals surface area contributed by atoms with Crippen molar-refractivity contribution in [2.24, 2.45) is 0 Å². The number of hydrogen-bond acceptors (Lipinski definition) is 5. The van der Waals surface area contributed by atoms with Crippen LogP contribution in [0.15, 0.2) is 47.1 Å². The predicted molar refractivity (Wildman–Crippen MR) is 96.1 cm³/mol. The lowest BCUT2D eigenvalue weighted by Gasteiger charge is -2.33. The van der Waals surface area contributed by atoms with Crippen LogP contribution in [0.25, 0.3) is 0 Å². The first-order valence-corrected chi connectivity index (χ1v) is 8.49. The molecule has 1 aromatic heterocycles. The first kappa shape index (κ1) is 17.9. The van der Waals surface area contributed by atoms with Crippen molar-refractivity contribution < 1.29 is 18.8 Å². The third kappa shape index (κ3) is 4.37. The van der Waals surface area contributed by atoms with Crippen LogP contribution in [0.5, 0.6) is 0 Å². The number of ketones is 1. The van der Waals surface area contributed by atoms with E-state index in [0.29, 0.717) is 43.2 Å². The Morgan fingerprint density at radius 3 is 2.50 bits per heavy atom. The largest absolute Gasteiger partial charge is 0.459 e. The lowest BCUT2D eigenvalue weighted by molar-refractivity contribution is -0.117. The fraction of sp³-hybridized carbons (Fsp3) is 0.316. The lowest BCUT2D eigenvalue weighted by Crippen LogP contribution is -2.50. The molecule has 0 radical (unpaired) electrons. The van der Waals surface area contributed by atoms with Crippen molar-refractivity contribution in [1.29, 1.82) is 0 Å². The summed E-state index contributed by atoms with van der Waals surface area (Å²) in [5.74, 6) is 0.0247. The van der Waals surface area contributed by atoms with Gasteiger partial charge < -0.3 is 14.6 Å². The molecule has 2 amide bonds. The van der Waals surface area contributed by atoms with Gasteiger partial charge in [-0.3, -0.25) is 19.3 Å². The summed E-state index contributed by atoms with van der Waals surface area (Å²) in [6.07, 6.45) is 1.48. The highest BCUT2D eigenvalue weighted by atomic mass is 16.3. The number of amides is 2. The Hall–Kier alpha value is -2.93. The van der Waals surface area contributed by atoms with E-state index >= 15 is 0 Å². The molecule has 136 valence electrons. The molecular weight excluding hydrogens is 334 g/mol. The molecule has 0 aliphatic carbocycles. The molecule has 1 aliphatic heterocycles. The number of benzene rings is 1. The van der Waals surface area contributed by atoms with Gasteiger partial charge in [-0.15, -0.1) is 0 Å². The fourth-order valence-electron chi connectivity index (χ4n) is 2.88. The second-order valence-electron chi connectivity index (χ2n) is 6.23. The summed E-state index contributed by atoms with van der Waals surface area (Å²) in [7, 11) is 0. The lowest BCUT2D eigenvalue weighted by atomic mass is 10.1. The smallest absolute Gasteiger partial charge is 0.289 e. The van der Waals surface area contributed by atoms with Gasteiger partial charge >= 0.3 is 0 Å². The summed E-state index contributed by atoms with van der Waals surface area (Å²) in [4.78, 5) is 39.6. The van der Waals surface area contributed by atoms with Gasteiger partial charge in [-0.05, 0) is 31.2 Å². The van der Waals surface area contributed by atoms with Crippen molar-refractivity contribution in [2.45, 2.75) is 6.92 Å². The van der Waals surface area contributed by atoms with Gasteiger partial charge in [0, 0.05) is 37.4 Å². The Kier molecular flexibility index (Phi) is 5.48. The molecule has 2 aromatic rings. The van der Waals surface area contributed by atoms with Crippen molar-refractivity contribution in [3.8, 4) is 0 Å². The van der Waals surface area contributed by atoms with Gasteiger partial charge in [0.15, 0.2) is 11.5 Å². The Morgan fingerprint density at radius 2 is 1.85 bits per heavy atom. The van der Waals surface area contributed by atoms with Crippen molar-refractivity contribution in [3.05, 3.63) is 54.0 Å². The van der Waals surface area contributed by atoms with E-state index in [1.54, 1.807) is 41.3 Å². The van der Waals surface area contributed by atoms with Crippen LogP contribution in [0.2, 0.25) is 0 Å². The SMILES string of the molecule is CC(=O)c1cccc(NC(=O)CN2CCN(C(=O)c3ccco3)CC2)c1. The van der Waals surface area contributed by atoms with E-state index in [-0.39, 0.29) is 24.1 Å². The van der Waals surface area contributed by atoms with E-state index in [2.05, 4.69) is 5.32 Å². The number of piperazine rings is 1. The minimum absolute atomic E-state index is 0.0431. The number of nitrogens with zero attached hydrogens (tertiary/aromatic N) is 2. The minimum Gasteiger partial charge on any atom is -0.459 e. The summed E-state index contributed by atoms with van der Waals surface area (Å²) in [6.45, 7) is 4.07. The molecule has 0 atom stereocenters. The molecule has 2 heterocycles. The quantitative estimate of drug-likeness (QED) is 0.828. The van der Waals surface area contributed by atoms with E-state index in [0.717, 1.165) is 0 Å². The summed E-state index contributed by atoms with van der Waals surface area (Å²) in [5, 5.41) is 2.81. The number of rotatable bonds is 5. The van der Waals surface area contributed by atoms with Crippen LogP contribution in [0.4, 0.5) is 5.69 Å². The standard InChI is InChI=1S/C19H21N3O4/c1-14(23)15-4-2-5-16(12-15)20-18(24)13-21-7-9-22(10-8-21)19(25)17-6-3-11-26-17/h2-6,11-12H,7-10,13H2,1H3,(H,20,24). The molecule has 0 saturated carbocycles. The van der Waals surface area contributed by atoms with Crippen LogP contribution in [-0.2, 0) is 4.79 Å². The Bertz CT molecular complexity index is 793. The fourth-order valence-corrected chi connectivity index (χ4v) is 2.88. The summed E-state index contributed by atoms with van der Waals surface area (Å²) >= 11 is 0. The van der Waals surface area contributed by atoms with Gasteiger partial charge in [-0.25, -0.2) is 0 Å². The third-order valence-electron chi connectivity index (χ3n) is 4.31. The van der Waals surface area contributed by atoms with Crippen LogP contribution >= 0.6 is 0 Å². The molecule has 26 heavy (non-hydrogen) atoms. The average molecular weight is 355 g/mol. The second-order valence-corrected chi connectivity index (χ2v) is 6.23. The van der Waals surface area contributed by atoms with E-state index in [1.165, 1.54) is 13.2 Å². The number of anilines is 1. The number of carbonyl (C=O) groups excluding carboxylic acids is 3. The first-order chi connectivity index (χ1) is 12.5. The van der Waals surface area contributed by atoms with E-state index in [9.17, 15) is 14.4 Å². The van der Waals surface area contributed by atoms with Crippen molar-refractivity contribution in [3.63, 3.8) is 0 Å². The summed E-state index contributed by atoms with van der Waals surface area (Å²) in [5.41, 5.74) is 1.17. The molecule has 1 aromatic carbocycles. The number of Topliss-reactive ketones (excluding diaryl/α,β-unsaturated/α-hetero) is 1. The average Bonchev–Trinajstić information content (AvgIpc) is 3.16. The van der Waals surface area contributed by atoms with Crippen LogP contribution in [0.1, 0.15) is 27.8 Å². The van der Waals surface area contributed by atoms with Gasteiger partial charge in [0.2, 0.25) is 5.91 Å². The van der Waals surface area contributed by atoms with Crippen LogP contribution < -0.4 is 5.32 Å². The zero-order chi connectivity index (χ0) is 18.5. The minimum atomic E-state index is -0.142. The van der Waals surface area contributed by atoms with Gasteiger partial charge in [-0.1, -0.05) is 12.1 Å².